The van der Waals surface area contributed by atoms with Crippen LogP contribution in [-0.2, 0) is 10.0 Å². The van der Waals surface area contributed by atoms with Crippen LogP contribution >= 0.6 is 11.6 Å². The molecule has 0 saturated carbocycles. The molecule has 0 fully saturated rings. The van der Waals surface area contributed by atoms with Crippen molar-refractivity contribution in [1.29, 1.82) is 5.26 Å². The van der Waals surface area contributed by atoms with Gasteiger partial charge in [-0.2, -0.15) is 5.26 Å². The van der Waals surface area contributed by atoms with Gasteiger partial charge in [-0.3, -0.25) is 0 Å². The van der Waals surface area contributed by atoms with Crippen molar-refractivity contribution < 1.29 is 13.5 Å². The highest BCUT2D eigenvalue weighted by molar-refractivity contribution is 7.89. The number of benzene rings is 1. The number of nitrogens with one attached hydrogen (secondary N) is 1. The van der Waals surface area contributed by atoms with Gasteiger partial charge in [-0.15, -0.1) is 0 Å². The van der Waals surface area contributed by atoms with Crippen molar-refractivity contribution in [3.8, 4) is 6.07 Å². The van der Waals surface area contributed by atoms with Gasteiger partial charge in [0.15, 0.2) is 0 Å². The zero-order valence-electron chi connectivity index (χ0n) is 10.6. The van der Waals surface area contributed by atoms with Crippen LogP contribution in [0.25, 0.3) is 0 Å². The molecule has 0 atom stereocenters. The van der Waals surface area contributed by atoms with Gasteiger partial charge >= 0.3 is 0 Å². The average molecular weight is 303 g/mol. The van der Waals surface area contributed by atoms with Crippen molar-refractivity contribution in [2.45, 2.75) is 30.7 Å². The Bertz CT molecular complexity index is 606. The third-order valence-electron chi connectivity index (χ3n) is 2.50. The average Bonchev–Trinajstić information content (AvgIpc) is 2.27. The first-order valence-corrected chi connectivity index (χ1v) is 7.42. The molecular weight excluding hydrogens is 288 g/mol. The van der Waals surface area contributed by atoms with Crippen LogP contribution in [0.2, 0.25) is 5.02 Å². The molecule has 1 aromatic carbocycles. The van der Waals surface area contributed by atoms with Crippen LogP contribution in [-0.4, -0.2) is 25.7 Å². The van der Waals surface area contributed by atoms with Crippen LogP contribution in [0.1, 0.15) is 25.8 Å². The van der Waals surface area contributed by atoms with E-state index in [1.807, 2.05) is 6.07 Å². The second-order valence-electron chi connectivity index (χ2n) is 4.72. The van der Waals surface area contributed by atoms with E-state index in [0.717, 1.165) is 0 Å². The smallest absolute Gasteiger partial charge is 0.242 e. The Morgan fingerprint density at radius 1 is 1.47 bits per heavy atom. The summed E-state index contributed by atoms with van der Waals surface area (Å²) in [6.45, 7) is 3.17. The Balaban J connectivity index is 3.18. The molecule has 0 heterocycles. The van der Waals surface area contributed by atoms with Gasteiger partial charge in [0.25, 0.3) is 0 Å². The summed E-state index contributed by atoms with van der Waals surface area (Å²) in [6, 6.07) is 5.90. The summed E-state index contributed by atoms with van der Waals surface area (Å²) in [7, 11) is -3.85. The third kappa shape index (κ3) is 4.18. The number of aliphatic hydroxyl groups excluding tert-OH is 1. The minimum atomic E-state index is -3.85. The van der Waals surface area contributed by atoms with Gasteiger partial charge in [0.05, 0.1) is 16.7 Å². The fourth-order valence-electron chi connectivity index (χ4n) is 1.53. The van der Waals surface area contributed by atoms with E-state index in [0.29, 0.717) is 0 Å². The molecular formula is C12H15ClN2O3S. The van der Waals surface area contributed by atoms with Crippen molar-refractivity contribution in [3.63, 3.8) is 0 Å². The first kappa shape index (κ1) is 15.9. The molecule has 0 spiro atoms. The highest BCUT2D eigenvalue weighted by Gasteiger charge is 2.27. The summed E-state index contributed by atoms with van der Waals surface area (Å²) in [5.41, 5.74) is -0.593. The number of aliphatic hydroxyl groups is 1. The summed E-state index contributed by atoms with van der Waals surface area (Å²) >= 11 is 5.87. The fourth-order valence-corrected chi connectivity index (χ4v) is 3.50. The first-order chi connectivity index (χ1) is 8.72. The normalized spacial score (nSPS) is 12.2. The van der Waals surface area contributed by atoms with Crippen molar-refractivity contribution in [1.82, 2.24) is 4.72 Å². The van der Waals surface area contributed by atoms with Crippen molar-refractivity contribution in [3.05, 3.63) is 28.8 Å². The van der Waals surface area contributed by atoms with E-state index >= 15 is 0 Å². The van der Waals surface area contributed by atoms with Crippen molar-refractivity contribution in [2.75, 3.05) is 6.61 Å². The topological polar surface area (TPSA) is 90.2 Å². The Kier molecular flexibility index (Phi) is 4.93. The molecule has 0 aliphatic heterocycles. The number of nitrogens with zero attached hydrogens (tertiary/aromatic N) is 1. The predicted molar refractivity (Wildman–Crippen MR) is 72.3 cm³/mol. The zero-order chi connectivity index (χ0) is 14.7. The first-order valence-electron chi connectivity index (χ1n) is 5.56. The number of halogens is 1. The monoisotopic (exact) mass is 302 g/mol. The van der Waals surface area contributed by atoms with Gasteiger partial charge in [-0.25, -0.2) is 13.1 Å². The Morgan fingerprint density at radius 3 is 2.63 bits per heavy atom. The molecule has 5 nitrogen and oxygen atoms in total. The molecule has 0 unspecified atom stereocenters. The second kappa shape index (κ2) is 5.88. The maximum Gasteiger partial charge on any atom is 0.242 e. The van der Waals surface area contributed by atoms with E-state index in [-0.39, 0.29) is 28.5 Å². The van der Waals surface area contributed by atoms with Gasteiger partial charge in [-0.05, 0) is 38.5 Å². The van der Waals surface area contributed by atoms with Gasteiger partial charge in [0.1, 0.15) is 4.90 Å². The number of rotatable bonds is 5. The molecule has 19 heavy (non-hydrogen) atoms. The molecule has 0 aromatic heterocycles. The summed E-state index contributed by atoms with van der Waals surface area (Å²) in [5.74, 6) is 0. The molecule has 0 saturated heterocycles. The lowest BCUT2D eigenvalue weighted by Crippen LogP contribution is -2.44. The fraction of sp³-hybridized carbons (Fsp3) is 0.417. The van der Waals surface area contributed by atoms with Crippen molar-refractivity contribution in [2.24, 2.45) is 0 Å². The van der Waals surface area contributed by atoms with Crippen molar-refractivity contribution >= 4 is 21.6 Å². The van der Waals surface area contributed by atoms with Crippen LogP contribution in [0.4, 0.5) is 0 Å². The number of sulfonamides is 1. The van der Waals surface area contributed by atoms with Crippen LogP contribution in [0.3, 0.4) is 0 Å². The Hall–Kier alpha value is -1.13. The van der Waals surface area contributed by atoms with E-state index < -0.39 is 15.6 Å². The number of hydrogen-bond acceptors (Lipinski definition) is 4. The largest absolute Gasteiger partial charge is 0.396 e. The molecule has 0 bridgehead atoms. The van der Waals surface area contributed by atoms with Gasteiger partial charge in [0, 0.05) is 12.1 Å². The molecule has 7 heteroatoms. The molecule has 1 aromatic rings. The van der Waals surface area contributed by atoms with Crippen LogP contribution in [0.5, 0.6) is 0 Å². The minimum Gasteiger partial charge on any atom is -0.396 e. The van der Waals surface area contributed by atoms with E-state index in [1.165, 1.54) is 18.2 Å². The lowest BCUT2D eigenvalue weighted by Gasteiger charge is -2.25. The van der Waals surface area contributed by atoms with Crippen LogP contribution in [0.15, 0.2) is 23.1 Å². The molecule has 0 aliphatic carbocycles. The summed E-state index contributed by atoms with van der Waals surface area (Å²) in [4.78, 5) is -0.140. The molecule has 1 rings (SSSR count). The number of hydrogen-bond donors (Lipinski definition) is 2. The van der Waals surface area contributed by atoms with E-state index in [4.69, 9.17) is 22.0 Å². The highest BCUT2D eigenvalue weighted by Crippen LogP contribution is 2.24. The Labute approximate surface area is 117 Å². The maximum atomic E-state index is 12.2. The zero-order valence-corrected chi connectivity index (χ0v) is 12.2. The number of nitriles is 1. The standard InChI is InChI=1S/C12H15ClN2O3S/c1-12(2,5-6-16)15-19(17,18)11-7-9(8-14)3-4-10(11)13/h3-4,7,15-16H,5-6H2,1-2H3. The third-order valence-corrected chi connectivity index (χ3v) is 4.68. The molecule has 104 valence electrons. The van der Waals surface area contributed by atoms with Gasteiger partial charge < -0.3 is 5.11 Å². The lowest BCUT2D eigenvalue weighted by molar-refractivity contribution is 0.246. The van der Waals surface area contributed by atoms with E-state index in [9.17, 15) is 8.42 Å². The lowest BCUT2D eigenvalue weighted by atomic mass is 10.0. The minimum absolute atomic E-state index is 0.0475. The highest BCUT2D eigenvalue weighted by atomic mass is 35.5. The molecule has 0 amide bonds. The summed E-state index contributed by atoms with van der Waals surface area (Å²) in [5, 5.41) is 17.7. The van der Waals surface area contributed by atoms with Gasteiger partial charge in [-0.1, -0.05) is 11.6 Å². The quantitative estimate of drug-likeness (QED) is 0.865. The van der Waals surface area contributed by atoms with E-state index in [2.05, 4.69) is 4.72 Å². The summed E-state index contributed by atoms with van der Waals surface area (Å²) in [6.07, 6.45) is 0.266. The van der Waals surface area contributed by atoms with Gasteiger partial charge in [0.2, 0.25) is 10.0 Å². The maximum absolute atomic E-state index is 12.2. The predicted octanol–water partition coefficient (Wildman–Crippen LogP) is 1.65. The molecule has 0 radical (unpaired) electrons. The molecule has 0 aliphatic rings. The molecule has 2 N–H and O–H groups in total. The van der Waals surface area contributed by atoms with Crippen LogP contribution < -0.4 is 4.72 Å². The van der Waals surface area contributed by atoms with E-state index in [1.54, 1.807) is 13.8 Å². The van der Waals surface area contributed by atoms with Crippen LogP contribution in [0, 0.1) is 11.3 Å². The second-order valence-corrected chi connectivity index (χ2v) is 6.78. The Morgan fingerprint density at radius 2 is 2.11 bits per heavy atom. The summed E-state index contributed by atoms with van der Waals surface area (Å²) < 4.78 is 26.9. The SMILES string of the molecule is CC(C)(CCO)NS(=O)(=O)c1cc(C#N)ccc1Cl.